The minimum Gasteiger partial charge on any atom is -0.431 e. The summed E-state index contributed by atoms with van der Waals surface area (Å²) in [5.74, 6) is -0.504. The number of benzene rings is 2. The number of rotatable bonds is 5. The van der Waals surface area contributed by atoms with E-state index >= 15 is 0 Å². The van der Waals surface area contributed by atoms with E-state index in [2.05, 4.69) is 15.8 Å². The number of fused-ring (bicyclic) bond motifs is 1. The third kappa shape index (κ3) is 4.64. The van der Waals surface area contributed by atoms with E-state index in [1.165, 1.54) is 17.3 Å². The number of nitrogens with one attached hydrogen (secondary N) is 2. The van der Waals surface area contributed by atoms with Gasteiger partial charge in [0.15, 0.2) is 5.58 Å². The van der Waals surface area contributed by atoms with Gasteiger partial charge >= 0.3 is 0 Å². The molecule has 0 radical (unpaired) electrons. The van der Waals surface area contributed by atoms with Crippen molar-refractivity contribution in [2.45, 2.75) is 25.5 Å². The van der Waals surface area contributed by atoms with Crippen molar-refractivity contribution in [3.63, 3.8) is 0 Å². The van der Waals surface area contributed by atoms with Gasteiger partial charge in [-0.05, 0) is 42.7 Å². The fourth-order valence-electron chi connectivity index (χ4n) is 2.36. The number of hydrogen-bond acceptors (Lipinski definition) is 5. The number of aromatic nitrogens is 1. The van der Waals surface area contributed by atoms with Gasteiger partial charge in [-0.15, -0.1) is 0 Å². The van der Waals surface area contributed by atoms with Gasteiger partial charge in [0.25, 0.3) is 5.22 Å². The number of thioether (sulfide) groups is 1. The first-order valence-electron chi connectivity index (χ1n) is 8.13. The number of hydrazine groups is 1. The molecule has 0 bridgehead atoms. The summed E-state index contributed by atoms with van der Waals surface area (Å²) in [7, 11) is 0. The van der Waals surface area contributed by atoms with Crippen LogP contribution >= 0.6 is 11.8 Å². The lowest BCUT2D eigenvalue weighted by Gasteiger charge is -2.08. The predicted molar refractivity (Wildman–Crippen MR) is 101 cm³/mol. The molecular formula is C19H19N3O3S. The zero-order valence-electron chi connectivity index (χ0n) is 14.5. The molecule has 0 aliphatic heterocycles. The minimum atomic E-state index is -0.328. The van der Waals surface area contributed by atoms with E-state index < -0.39 is 0 Å². The normalized spacial score (nSPS) is 10.7. The molecule has 0 saturated heterocycles. The molecule has 0 fully saturated rings. The van der Waals surface area contributed by atoms with E-state index in [1.807, 2.05) is 56.3 Å². The summed E-state index contributed by atoms with van der Waals surface area (Å²) in [4.78, 5) is 28.1. The first kappa shape index (κ1) is 18.0. The van der Waals surface area contributed by atoms with E-state index in [9.17, 15) is 9.59 Å². The standard InChI is InChI=1S/C19H19N3O3S/c1-12-7-8-14(9-13(12)2)10-17(23)21-22-18(24)11-26-19-20-15-5-3-4-6-16(15)25-19/h3-9H,10-11H2,1-2H3,(H,21,23)(H,22,24). The fourth-order valence-corrected chi connectivity index (χ4v) is 3.00. The molecule has 2 amide bonds. The van der Waals surface area contributed by atoms with Gasteiger partial charge in [0.05, 0.1) is 12.2 Å². The van der Waals surface area contributed by atoms with Crippen molar-refractivity contribution in [2.24, 2.45) is 0 Å². The predicted octanol–water partition coefficient (Wildman–Crippen LogP) is 2.93. The van der Waals surface area contributed by atoms with Crippen LogP contribution in [-0.4, -0.2) is 22.6 Å². The van der Waals surface area contributed by atoms with E-state index in [4.69, 9.17) is 4.42 Å². The minimum absolute atomic E-state index is 0.0940. The molecule has 3 aromatic rings. The van der Waals surface area contributed by atoms with Crippen LogP contribution in [0.5, 0.6) is 0 Å². The molecule has 2 N–H and O–H groups in total. The van der Waals surface area contributed by atoms with Crippen molar-refractivity contribution in [1.29, 1.82) is 0 Å². The van der Waals surface area contributed by atoms with Gasteiger partial charge in [0.1, 0.15) is 5.52 Å². The maximum Gasteiger partial charge on any atom is 0.257 e. The zero-order chi connectivity index (χ0) is 18.5. The average molecular weight is 369 g/mol. The SMILES string of the molecule is Cc1ccc(CC(=O)NNC(=O)CSc2nc3ccccc3o2)cc1C. The summed E-state index contributed by atoms with van der Waals surface area (Å²) in [6, 6.07) is 13.3. The molecule has 2 aromatic carbocycles. The highest BCUT2D eigenvalue weighted by atomic mass is 32.2. The Labute approximate surface area is 155 Å². The maximum absolute atomic E-state index is 11.9. The number of amides is 2. The second-order valence-electron chi connectivity index (χ2n) is 5.93. The topological polar surface area (TPSA) is 84.2 Å². The van der Waals surface area contributed by atoms with Crippen LogP contribution in [0.15, 0.2) is 52.1 Å². The molecule has 134 valence electrons. The Kier molecular flexibility index (Phi) is 5.58. The number of aryl methyl sites for hydroxylation is 2. The van der Waals surface area contributed by atoms with Crippen molar-refractivity contribution in [1.82, 2.24) is 15.8 Å². The molecular weight excluding hydrogens is 350 g/mol. The molecule has 3 rings (SSSR count). The quantitative estimate of drug-likeness (QED) is 0.534. The van der Waals surface area contributed by atoms with Crippen LogP contribution in [0.3, 0.4) is 0 Å². The summed E-state index contributed by atoms with van der Waals surface area (Å²) in [5.41, 5.74) is 9.47. The maximum atomic E-state index is 11.9. The fraction of sp³-hybridized carbons (Fsp3) is 0.211. The van der Waals surface area contributed by atoms with Gasteiger partial charge in [0.2, 0.25) is 11.8 Å². The zero-order valence-corrected chi connectivity index (χ0v) is 15.4. The van der Waals surface area contributed by atoms with E-state index in [1.54, 1.807) is 0 Å². The van der Waals surface area contributed by atoms with Gasteiger partial charge < -0.3 is 4.42 Å². The van der Waals surface area contributed by atoms with Crippen molar-refractivity contribution < 1.29 is 14.0 Å². The second-order valence-corrected chi connectivity index (χ2v) is 6.85. The Morgan fingerprint density at radius 2 is 1.81 bits per heavy atom. The van der Waals surface area contributed by atoms with Gasteiger partial charge in [-0.3, -0.25) is 20.4 Å². The van der Waals surface area contributed by atoms with Crippen LogP contribution in [0.4, 0.5) is 0 Å². The Hall–Kier alpha value is -2.80. The van der Waals surface area contributed by atoms with Gasteiger partial charge in [-0.25, -0.2) is 4.98 Å². The van der Waals surface area contributed by atoms with Crippen molar-refractivity contribution in [3.05, 3.63) is 59.2 Å². The lowest BCUT2D eigenvalue weighted by atomic mass is 10.0. The number of oxazole rings is 1. The van der Waals surface area contributed by atoms with E-state index in [0.717, 1.165) is 16.6 Å². The molecule has 0 aliphatic rings. The number of para-hydroxylation sites is 2. The van der Waals surface area contributed by atoms with Gasteiger partial charge in [-0.2, -0.15) is 0 Å². The molecule has 0 spiro atoms. The molecule has 0 aliphatic carbocycles. The molecule has 1 aromatic heterocycles. The molecule has 6 nitrogen and oxygen atoms in total. The third-order valence-electron chi connectivity index (χ3n) is 3.88. The highest BCUT2D eigenvalue weighted by molar-refractivity contribution is 7.99. The monoisotopic (exact) mass is 369 g/mol. The Balaban J connectivity index is 1.44. The lowest BCUT2D eigenvalue weighted by Crippen LogP contribution is -2.43. The second kappa shape index (κ2) is 8.05. The molecule has 7 heteroatoms. The number of hydrogen-bond donors (Lipinski definition) is 2. The molecule has 26 heavy (non-hydrogen) atoms. The van der Waals surface area contributed by atoms with Crippen LogP contribution in [0, 0.1) is 13.8 Å². The van der Waals surface area contributed by atoms with Crippen LogP contribution in [-0.2, 0) is 16.0 Å². The van der Waals surface area contributed by atoms with Crippen LogP contribution in [0.2, 0.25) is 0 Å². The molecule has 0 saturated carbocycles. The Bertz CT molecular complexity index is 919. The highest BCUT2D eigenvalue weighted by Crippen LogP contribution is 2.22. The summed E-state index contributed by atoms with van der Waals surface area (Å²) in [6.45, 7) is 4.02. The van der Waals surface area contributed by atoms with Crippen LogP contribution in [0.1, 0.15) is 16.7 Å². The van der Waals surface area contributed by atoms with Crippen molar-refractivity contribution in [2.75, 3.05) is 5.75 Å². The summed E-state index contributed by atoms with van der Waals surface area (Å²) in [5, 5.41) is 0.419. The number of carbonyl (C=O) groups excluding carboxylic acids is 2. The summed E-state index contributed by atoms with van der Waals surface area (Å²) >= 11 is 1.17. The smallest absolute Gasteiger partial charge is 0.257 e. The Morgan fingerprint density at radius 1 is 1.04 bits per heavy atom. The van der Waals surface area contributed by atoms with E-state index in [-0.39, 0.29) is 24.0 Å². The first-order valence-corrected chi connectivity index (χ1v) is 9.12. The van der Waals surface area contributed by atoms with Crippen molar-refractivity contribution >= 4 is 34.7 Å². The van der Waals surface area contributed by atoms with Gasteiger partial charge in [-0.1, -0.05) is 42.1 Å². The van der Waals surface area contributed by atoms with Crippen molar-refractivity contribution in [3.8, 4) is 0 Å². The molecule has 0 unspecified atom stereocenters. The Morgan fingerprint density at radius 3 is 2.58 bits per heavy atom. The van der Waals surface area contributed by atoms with Crippen LogP contribution in [0.25, 0.3) is 11.1 Å². The molecule has 1 heterocycles. The lowest BCUT2D eigenvalue weighted by molar-refractivity contribution is -0.127. The highest BCUT2D eigenvalue weighted by Gasteiger charge is 2.10. The first-order chi connectivity index (χ1) is 12.5. The summed E-state index contributed by atoms with van der Waals surface area (Å²) in [6.07, 6.45) is 0.208. The molecule has 0 atom stereocenters. The third-order valence-corrected chi connectivity index (χ3v) is 4.71. The van der Waals surface area contributed by atoms with E-state index in [0.29, 0.717) is 10.8 Å². The van der Waals surface area contributed by atoms with Gasteiger partial charge in [0, 0.05) is 0 Å². The average Bonchev–Trinajstić information content (AvgIpc) is 3.04. The number of nitrogens with zero attached hydrogens (tertiary/aromatic N) is 1. The van der Waals surface area contributed by atoms with Crippen LogP contribution < -0.4 is 10.9 Å². The summed E-state index contributed by atoms with van der Waals surface area (Å²) < 4.78 is 5.53. The largest absolute Gasteiger partial charge is 0.431 e. The number of carbonyl (C=O) groups is 2.